The van der Waals surface area contributed by atoms with Gasteiger partial charge in [-0.2, -0.15) is 0 Å². The molecule has 3 aromatic carbocycles. The summed E-state index contributed by atoms with van der Waals surface area (Å²) in [4.78, 5) is 47.6. The predicted molar refractivity (Wildman–Crippen MR) is 184 cm³/mol. The van der Waals surface area contributed by atoms with Crippen LogP contribution in [0.2, 0.25) is 0 Å². The van der Waals surface area contributed by atoms with Gasteiger partial charge in [-0.15, -0.1) is 0 Å². The molecule has 49 heavy (non-hydrogen) atoms. The minimum absolute atomic E-state index is 0.170. The van der Waals surface area contributed by atoms with Crippen molar-refractivity contribution in [1.82, 2.24) is 0 Å². The van der Waals surface area contributed by atoms with E-state index in [1.54, 1.807) is 80.6 Å². The summed E-state index contributed by atoms with van der Waals surface area (Å²) < 4.78 is 32.7. The Kier molecular flexibility index (Phi) is 17.0. The smallest absolute Gasteiger partial charge is 0.343 e. The lowest BCUT2D eigenvalue weighted by atomic mass is 10.2. The molecule has 0 spiro atoms. The van der Waals surface area contributed by atoms with Crippen LogP contribution in [-0.2, 0) is 19.1 Å². The minimum atomic E-state index is -0.523. The largest absolute Gasteiger partial charge is 0.494 e. The lowest BCUT2D eigenvalue weighted by Crippen LogP contribution is -2.10. The lowest BCUT2D eigenvalue weighted by Gasteiger charge is -2.11. The standard InChI is InChI=1S/C39H46O10/c1-4-36(40)46-26-12-8-6-10-24-44-32-18-14-30(15-19-32)38(42)48-34-22-23-35(29(3)28-34)49-39(43)31-16-20-33(21-17-31)45-25-11-7-9-13-27-47-37(41)5-2/h4,14-23,28H,1,5-13,24-27H2,2-3H3. The maximum atomic E-state index is 12.8. The second kappa shape index (κ2) is 21.7. The molecule has 0 aliphatic carbocycles. The maximum Gasteiger partial charge on any atom is 0.343 e. The van der Waals surface area contributed by atoms with E-state index in [0.717, 1.165) is 57.4 Å². The Balaban J connectivity index is 1.35. The summed E-state index contributed by atoms with van der Waals surface area (Å²) in [5, 5.41) is 0. The number of rotatable bonds is 22. The molecule has 0 unspecified atom stereocenters. The van der Waals surface area contributed by atoms with E-state index in [-0.39, 0.29) is 5.97 Å². The minimum Gasteiger partial charge on any atom is -0.494 e. The number of esters is 4. The van der Waals surface area contributed by atoms with Gasteiger partial charge in [0.25, 0.3) is 0 Å². The van der Waals surface area contributed by atoms with E-state index in [0.29, 0.717) is 72.5 Å². The van der Waals surface area contributed by atoms with Gasteiger partial charge in [-0.25, -0.2) is 14.4 Å². The van der Waals surface area contributed by atoms with Crippen LogP contribution in [0.15, 0.2) is 79.4 Å². The molecular weight excluding hydrogens is 628 g/mol. The van der Waals surface area contributed by atoms with Crippen molar-refractivity contribution in [3.8, 4) is 23.0 Å². The number of unbranched alkanes of at least 4 members (excludes halogenated alkanes) is 6. The summed E-state index contributed by atoms with van der Waals surface area (Å²) in [7, 11) is 0. The van der Waals surface area contributed by atoms with E-state index in [1.165, 1.54) is 0 Å². The highest BCUT2D eigenvalue weighted by Crippen LogP contribution is 2.26. The van der Waals surface area contributed by atoms with E-state index in [2.05, 4.69) is 6.58 Å². The molecule has 0 amide bonds. The Morgan fingerprint density at radius 2 is 1.06 bits per heavy atom. The number of hydrogen-bond donors (Lipinski definition) is 0. The Morgan fingerprint density at radius 1 is 0.592 bits per heavy atom. The summed E-state index contributed by atoms with van der Waals surface area (Å²) in [5.74, 6) is 0.371. The van der Waals surface area contributed by atoms with Crippen molar-refractivity contribution in [3.63, 3.8) is 0 Å². The molecule has 0 saturated heterocycles. The molecule has 0 bridgehead atoms. The molecule has 0 aromatic heterocycles. The summed E-state index contributed by atoms with van der Waals surface area (Å²) in [6.07, 6.45) is 8.71. The van der Waals surface area contributed by atoms with E-state index < -0.39 is 17.9 Å². The second-order valence-electron chi connectivity index (χ2n) is 11.2. The first-order chi connectivity index (χ1) is 23.8. The Bertz CT molecular complexity index is 1500. The number of carbonyl (C=O) groups is 4. The van der Waals surface area contributed by atoms with E-state index in [1.807, 2.05) is 0 Å². The molecule has 0 N–H and O–H groups in total. The maximum absolute atomic E-state index is 12.8. The fourth-order valence-electron chi connectivity index (χ4n) is 4.51. The molecule has 0 radical (unpaired) electrons. The van der Waals surface area contributed by atoms with Gasteiger partial charge in [-0.3, -0.25) is 4.79 Å². The number of benzene rings is 3. The van der Waals surface area contributed by atoms with E-state index in [9.17, 15) is 19.2 Å². The predicted octanol–water partition coefficient (Wildman–Crippen LogP) is 7.99. The number of carbonyl (C=O) groups excluding carboxylic acids is 4. The molecule has 0 fully saturated rings. The van der Waals surface area contributed by atoms with Crippen LogP contribution < -0.4 is 18.9 Å². The van der Waals surface area contributed by atoms with Crippen molar-refractivity contribution in [3.05, 3.63) is 96.1 Å². The first kappa shape index (κ1) is 38.3. The van der Waals surface area contributed by atoms with Crippen LogP contribution in [-0.4, -0.2) is 50.3 Å². The fourth-order valence-corrected chi connectivity index (χ4v) is 4.51. The van der Waals surface area contributed by atoms with Crippen LogP contribution in [0.1, 0.15) is 91.0 Å². The van der Waals surface area contributed by atoms with Crippen molar-refractivity contribution < 1.29 is 47.6 Å². The molecule has 3 aromatic rings. The van der Waals surface area contributed by atoms with Crippen LogP contribution in [0.3, 0.4) is 0 Å². The normalized spacial score (nSPS) is 10.5. The molecule has 10 heteroatoms. The number of hydrogen-bond acceptors (Lipinski definition) is 10. The first-order valence-electron chi connectivity index (χ1n) is 16.7. The Hall–Kier alpha value is -5.12. The molecule has 0 aliphatic rings. The average molecular weight is 675 g/mol. The van der Waals surface area contributed by atoms with Gasteiger partial charge in [-0.05, 0) is 131 Å². The Labute approximate surface area is 288 Å². The van der Waals surface area contributed by atoms with Crippen LogP contribution in [0.5, 0.6) is 23.0 Å². The quantitative estimate of drug-likeness (QED) is 0.0448. The highest BCUT2D eigenvalue weighted by atomic mass is 16.5. The lowest BCUT2D eigenvalue weighted by molar-refractivity contribution is -0.143. The highest BCUT2D eigenvalue weighted by molar-refractivity contribution is 5.92. The Morgan fingerprint density at radius 3 is 1.55 bits per heavy atom. The zero-order valence-corrected chi connectivity index (χ0v) is 28.4. The molecule has 0 aliphatic heterocycles. The zero-order valence-electron chi connectivity index (χ0n) is 28.4. The molecule has 262 valence electrons. The van der Waals surface area contributed by atoms with Gasteiger partial charge in [-0.1, -0.05) is 13.5 Å². The first-order valence-corrected chi connectivity index (χ1v) is 16.7. The molecule has 0 heterocycles. The van der Waals surface area contributed by atoms with Gasteiger partial charge in [0.15, 0.2) is 0 Å². The van der Waals surface area contributed by atoms with Crippen molar-refractivity contribution in [2.75, 3.05) is 26.4 Å². The third-order valence-corrected chi connectivity index (χ3v) is 7.32. The van der Waals surface area contributed by atoms with Crippen LogP contribution in [0.25, 0.3) is 0 Å². The SMILES string of the molecule is C=CC(=O)OCCCCCCOc1ccc(C(=O)Oc2ccc(OC(=O)c3ccc(OCCCCCCOC(=O)CC)cc3)c(C)c2)cc1. The van der Waals surface area contributed by atoms with Crippen molar-refractivity contribution in [1.29, 1.82) is 0 Å². The molecule has 3 rings (SSSR count). The summed E-state index contributed by atoms with van der Waals surface area (Å²) >= 11 is 0. The van der Waals surface area contributed by atoms with Crippen molar-refractivity contribution in [2.24, 2.45) is 0 Å². The third kappa shape index (κ3) is 14.7. The molecule has 10 nitrogen and oxygen atoms in total. The second-order valence-corrected chi connectivity index (χ2v) is 11.2. The monoisotopic (exact) mass is 674 g/mol. The third-order valence-electron chi connectivity index (χ3n) is 7.32. The highest BCUT2D eigenvalue weighted by Gasteiger charge is 2.14. The van der Waals surface area contributed by atoms with E-state index >= 15 is 0 Å². The van der Waals surface area contributed by atoms with Crippen molar-refractivity contribution >= 4 is 23.9 Å². The molecule has 0 saturated carbocycles. The van der Waals surface area contributed by atoms with Crippen LogP contribution >= 0.6 is 0 Å². The van der Waals surface area contributed by atoms with Gasteiger partial charge >= 0.3 is 23.9 Å². The topological polar surface area (TPSA) is 124 Å². The van der Waals surface area contributed by atoms with Crippen LogP contribution in [0, 0.1) is 6.92 Å². The molecular formula is C39H46O10. The summed E-state index contributed by atoms with van der Waals surface area (Å²) in [5.41, 5.74) is 1.37. The van der Waals surface area contributed by atoms with Gasteiger partial charge in [0, 0.05) is 12.5 Å². The number of ether oxygens (including phenoxy) is 6. The van der Waals surface area contributed by atoms with Crippen LogP contribution in [0.4, 0.5) is 0 Å². The van der Waals surface area contributed by atoms with Gasteiger partial charge < -0.3 is 28.4 Å². The fraction of sp³-hybridized carbons (Fsp3) is 0.385. The zero-order chi connectivity index (χ0) is 35.3. The molecule has 0 atom stereocenters. The van der Waals surface area contributed by atoms with E-state index in [4.69, 9.17) is 28.4 Å². The summed E-state index contributed by atoms with van der Waals surface area (Å²) in [6.45, 7) is 8.83. The van der Waals surface area contributed by atoms with Gasteiger partial charge in [0.1, 0.15) is 23.0 Å². The van der Waals surface area contributed by atoms with Crippen molar-refractivity contribution in [2.45, 2.75) is 71.6 Å². The summed E-state index contributed by atoms with van der Waals surface area (Å²) in [6, 6.07) is 18.3. The average Bonchev–Trinajstić information content (AvgIpc) is 3.11. The number of aryl methyl sites for hydroxylation is 1. The van der Waals surface area contributed by atoms with Gasteiger partial charge in [0.2, 0.25) is 0 Å². The van der Waals surface area contributed by atoms with Gasteiger partial charge in [0.05, 0.1) is 37.6 Å².